The number of aromatic nitrogens is 2. The van der Waals surface area contributed by atoms with Gasteiger partial charge in [-0.1, -0.05) is 5.16 Å². The Balaban J connectivity index is 1.66. The maximum atomic E-state index is 11.6. The van der Waals surface area contributed by atoms with Crippen molar-refractivity contribution in [2.24, 2.45) is 0 Å². The summed E-state index contributed by atoms with van der Waals surface area (Å²) in [7, 11) is 0. The van der Waals surface area contributed by atoms with Crippen LogP contribution in [0.25, 0.3) is 0 Å². The van der Waals surface area contributed by atoms with E-state index in [1.807, 2.05) is 0 Å². The van der Waals surface area contributed by atoms with Crippen LogP contribution in [0, 0.1) is 0 Å². The monoisotopic (exact) mass is 238 g/mol. The van der Waals surface area contributed by atoms with Crippen LogP contribution in [0.4, 0.5) is 0 Å². The molecule has 1 aliphatic carbocycles. The van der Waals surface area contributed by atoms with Gasteiger partial charge in [-0.25, -0.2) is 0 Å². The van der Waals surface area contributed by atoms with Gasteiger partial charge in [-0.3, -0.25) is 4.79 Å². The van der Waals surface area contributed by atoms with Gasteiger partial charge in [-0.2, -0.15) is 4.98 Å². The highest BCUT2D eigenvalue weighted by Gasteiger charge is 2.30. The first-order valence-electron chi connectivity index (χ1n) is 5.78. The van der Waals surface area contributed by atoms with Crippen LogP contribution in [0.5, 0.6) is 0 Å². The van der Waals surface area contributed by atoms with E-state index in [0.29, 0.717) is 18.9 Å². The number of β-amino-alcohol motifs (C(OH)–C–C–N with tert-alkyl or cyclic N) is 1. The van der Waals surface area contributed by atoms with Gasteiger partial charge >= 0.3 is 0 Å². The molecule has 1 aliphatic heterocycles. The summed E-state index contributed by atoms with van der Waals surface area (Å²) in [5, 5.41) is 18.9. The summed E-state index contributed by atoms with van der Waals surface area (Å²) in [5.74, 6) is 0.138. The Bertz CT molecular complexity index is 429. The first kappa shape index (κ1) is 10.7. The van der Waals surface area contributed by atoms with Crippen LogP contribution < -0.4 is 10.6 Å². The van der Waals surface area contributed by atoms with E-state index in [0.717, 1.165) is 12.8 Å². The molecule has 7 heteroatoms. The average molecular weight is 238 g/mol. The second-order valence-corrected chi connectivity index (χ2v) is 4.55. The summed E-state index contributed by atoms with van der Waals surface area (Å²) in [5.41, 5.74) is 0. The molecule has 1 saturated carbocycles. The third-order valence-corrected chi connectivity index (χ3v) is 2.96. The van der Waals surface area contributed by atoms with Gasteiger partial charge in [0.15, 0.2) is 0 Å². The van der Waals surface area contributed by atoms with E-state index in [1.165, 1.54) is 0 Å². The molecule has 2 heterocycles. The maximum Gasteiger partial charge on any atom is 0.292 e. The second-order valence-electron chi connectivity index (χ2n) is 4.55. The molecule has 17 heavy (non-hydrogen) atoms. The number of aliphatic hydroxyl groups is 1. The highest BCUT2D eigenvalue weighted by atomic mass is 16.5. The minimum Gasteiger partial charge on any atom is -0.392 e. The normalized spacial score (nSPS) is 28.3. The zero-order valence-corrected chi connectivity index (χ0v) is 9.22. The highest BCUT2D eigenvalue weighted by molar-refractivity contribution is 5.90. The molecule has 1 saturated heterocycles. The van der Waals surface area contributed by atoms with Crippen molar-refractivity contribution in [2.45, 2.75) is 37.5 Å². The average Bonchev–Trinajstić information content (AvgIpc) is 2.81. The van der Waals surface area contributed by atoms with Crippen molar-refractivity contribution >= 4 is 5.91 Å². The Morgan fingerprint density at radius 2 is 2.35 bits per heavy atom. The predicted molar refractivity (Wildman–Crippen MR) is 56.2 cm³/mol. The van der Waals surface area contributed by atoms with Gasteiger partial charge in [0.05, 0.1) is 12.1 Å². The zero-order valence-electron chi connectivity index (χ0n) is 9.22. The smallest absolute Gasteiger partial charge is 0.292 e. The Morgan fingerprint density at radius 3 is 3.00 bits per heavy atom. The van der Waals surface area contributed by atoms with Crippen molar-refractivity contribution in [1.29, 1.82) is 0 Å². The molecule has 92 valence electrons. The fourth-order valence-electron chi connectivity index (χ4n) is 1.85. The lowest BCUT2D eigenvalue weighted by Gasteiger charge is -2.01. The van der Waals surface area contributed by atoms with E-state index in [4.69, 9.17) is 4.52 Å². The maximum absolute atomic E-state index is 11.6. The van der Waals surface area contributed by atoms with Crippen molar-refractivity contribution < 1.29 is 14.4 Å². The SMILES string of the molecule is O=C(NC1CC1)c1noc([C@@H]2CC(O)CN2)n1. The van der Waals surface area contributed by atoms with Crippen LogP contribution in [-0.4, -0.2) is 39.8 Å². The third-order valence-electron chi connectivity index (χ3n) is 2.96. The summed E-state index contributed by atoms with van der Waals surface area (Å²) in [6.07, 6.45) is 2.18. The van der Waals surface area contributed by atoms with Gasteiger partial charge < -0.3 is 20.3 Å². The number of carbonyl (C=O) groups excluding carboxylic acids is 1. The molecule has 7 nitrogen and oxygen atoms in total. The first-order valence-corrected chi connectivity index (χ1v) is 5.78. The van der Waals surface area contributed by atoms with E-state index < -0.39 is 6.10 Å². The molecule has 3 rings (SSSR count). The Morgan fingerprint density at radius 1 is 1.53 bits per heavy atom. The standard InChI is InChI=1S/C10H14N4O3/c15-6-3-7(11-4-6)10-13-8(14-17-10)9(16)12-5-1-2-5/h5-7,11,15H,1-4H2,(H,12,16)/t6?,7-/m0/s1. The molecule has 1 aromatic heterocycles. The summed E-state index contributed by atoms with van der Waals surface area (Å²) in [6.45, 7) is 0.511. The fourth-order valence-corrected chi connectivity index (χ4v) is 1.85. The molecule has 2 fully saturated rings. The van der Waals surface area contributed by atoms with Crippen molar-refractivity contribution in [3.8, 4) is 0 Å². The number of aliphatic hydroxyl groups excluding tert-OH is 1. The quantitative estimate of drug-likeness (QED) is 0.647. The highest BCUT2D eigenvalue weighted by Crippen LogP contribution is 2.22. The number of amides is 1. The van der Waals surface area contributed by atoms with Gasteiger partial charge in [0.2, 0.25) is 5.89 Å². The lowest BCUT2D eigenvalue weighted by Crippen LogP contribution is -2.26. The summed E-state index contributed by atoms with van der Waals surface area (Å²) < 4.78 is 5.02. The molecule has 0 radical (unpaired) electrons. The lowest BCUT2D eigenvalue weighted by atomic mass is 10.2. The van der Waals surface area contributed by atoms with Crippen LogP contribution >= 0.6 is 0 Å². The minimum absolute atomic E-state index is 0.0649. The van der Waals surface area contributed by atoms with Crippen LogP contribution in [0.2, 0.25) is 0 Å². The number of rotatable bonds is 3. The molecule has 1 amide bonds. The predicted octanol–water partition coefficient (Wildman–Crippen LogP) is -0.643. The molecule has 1 aromatic rings. The van der Waals surface area contributed by atoms with Crippen molar-refractivity contribution in [3.63, 3.8) is 0 Å². The molecule has 0 bridgehead atoms. The third kappa shape index (κ3) is 2.29. The Labute approximate surface area is 97.6 Å². The molecule has 0 spiro atoms. The van der Waals surface area contributed by atoms with Crippen molar-refractivity contribution in [2.75, 3.05) is 6.54 Å². The lowest BCUT2D eigenvalue weighted by molar-refractivity contribution is 0.0937. The first-order chi connectivity index (χ1) is 8.22. The van der Waals surface area contributed by atoms with Gasteiger partial charge in [0.1, 0.15) is 0 Å². The number of nitrogens with zero attached hydrogens (tertiary/aromatic N) is 2. The molecular formula is C10H14N4O3. The number of nitrogens with one attached hydrogen (secondary N) is 2. The van der Waals surface area contributed by atoms with Gasteiger partial charge in [-0.05, 0) is 19.3 Å². The topological polar surface area (TPSA) is 100 Å². The summed E-state index contributed by atoms with van der Waals surface area (Å²) in [6, 6.07) is 0.121. The van der Waals surface area contributed by atoms with E-state index >= 15 is 0 Å². The zero-order chi connectivity index (χ0) is 11.8. The van der Waals surface area contributed by atoms with Crippen LogP contribution in [-0.2, 0) is 0 Å². The molecular weight excluding hydrogens is 224 g/mol. The minimum atomic E-state index is -0.393. The number of carbonyl (C=O) groups is 1. The summed E-state index contributed by atoms with van der Waals surface area (Å²) in [4.78, 5) is 15.7. The molecule has 1 unspecified atom stereocenters. The molecule has 3 N–H and O–H groups in total. The van der Waals surface area contributed by atoms with E-state index in [1.54, 1.807) is 0 Å². The largest absolute Gasteiger partial charge is 0.392 e. The van der Waals surface area contributed by atoms with Gasteiger partial charge in [-0.15, -0.1) is 0 Å². The summed E-state index contributed by atoms with van der Waals surface area (Å²) >= 11 is 0. The molecule has 2 aliphatic rings. The Hall–Kier alpha value is -1.47. The van der Waals surface area contributed by atoms with Crippen LogP contribution in [0.1, 0.15) is 41.8 Å². The van der Waals surface area contributed by atoms with Crippen molar-refractivity contribution in [1.82, 2.24) is 20.8 Å². The number of hydrogen-bond acceptors (Lipinski definition) is 6. The van der Waals surface area contributed by atoms with E-state index in [2.05, 4.69) is 20.8 Å². The molecule has 0 aromatic carbocycles. The fraction of sp³-hybridized carbons (Fsp3) is 0.700. The second kappa shape index (κ2) is 4.08. The van der Waals surface area contributed by atoms with Gasteiger partial charge in [0, 0.05) is 12.6 Å². The number of hydrogen-bond donors (Lipinski definition) is 3. The van der Waals surface area contributed by atoms with Crippen LogP contribution in [0.3, 0.4) is 0 Å². The van der Waals surface area contributed by atoms with Crippen molar-refractivity contribution in [3.05, 3.63) is 11.7 Å². The van der Waals surface area contributed by atoms with Crippen LogP contribution in [0.15, 0.2) is 4.52 Å². The van der Waals surface area contributed by atoms with Gasteiger partial charge in [0.25, 0.3) is 11.7 Å². The Kier molecular flexibility index (Phi) is 2.56. The molecule has 2 atom stereocenters. The van der Waals surface area contributed by atoms with E-state index in [9.17, 15) is 9.90 Å². The van der Waals surface area contributed by atoms with E-state index in [-0.39, 0.29) is 23.8 Å².